The van der Waals surface area contributed by atoms with Crippen molar-refractivity contribution < 1.29 is 23.0 Å². The largest absolute Gasteiger partial charge is 0.497 e. The molecule has 0 aliphatic heterocycles. The Labute approximate surface area is 158 Å². The van der Waals surface area contributed by atoms with Gasteiger partial charge in [0, 0.05) is 38.4 Å². The van der Waals surface area contributed by atoms with Crippen molar-refractivity contribution in [3.05, 3.63) is 23.8 Å². The van der Waals surface area contributed by atoms with Crippen molar-refractivity contribution in [3.63, 3.8) is 0 Å². The number of hydrogen-bond acceptors (Lipinski definition) is 4. The Morgan fingerprint density at radius 3 is 2.62 bits per heavy atom. The first-order valence-corrected chi connectivity index (χ1v) is 7.24. The Kier molecular flexibility index (Phi) is 12.3. The molecule has 0 aliphatic carbocycles. The number of ether oxygens (including phenoxy) is 3. The third kappa shape index (κ3) is 8.48. The SMILES string of the molecule is CCOCCNC(=NC)NCc1ccc(OC)cc1OC(F)F.I. The van der Waals surface area contributed by atoms with E-state index in [-0.39, 0.29) is 36.3 Å². The summed E-state index contributed by atoms with van der Waals surface area (Å²) in [5.41, 5.74) is 0.568. The smallest absolute Gasteiger partial charge is 0.387 e. The molecule has 138 valence electrons. The van der Waals surface area contributed by atoms with Crippen LogP contribution in [-0.4, -0.2) is 46.5 Å². The van der Waals surface area contributed by atoms with Crippen LogP contribution in [0.15, 0.2) is 23.2 Å². The summed E-state index contributed by atoms with van der Waals surface area (Å²) in [5, 5.41) is 6.09. The van der Waals surface area contributed by atoms with Gasteiger partial charge >= 0.3 is 6.61 Å². The van der Waals surface area contributed by atoms with Crippen molar-refractivity contribution in [1.29, 1.82) is 0 Å². The van der Waals surface area contributed by atoms with Crippen LogP contribution in [0.4, 0.5) is 8.78 Å². The third-order valence-corrected chi connectivity index (χ3v) is 2.90. The molecule has 0 fully saturated rings. The van der Waals surface area contributed by atoms with E-state index in [1.165, 1.54) is 13.2 Å². The second kappa shape index (κ2) is 13.0. The molecule has 0 spiro atoms. The second-order valence-electron chi connectivity index (χ2n) is 4.40. The van der Waals surface area contributed by atoms with Crippen LogP contribution < -0.4 is 20.1 Å². The monoisotopic (exact) mass is 459 g/mol. The highest BCUT2D eigenvalue weighted by molar-refractivity contribution is 14.0. The lowest BCUT2D eigenvalue weighted by molar-refractivity contribution is -0.0505. The summed E-state index contributed by atoms with van der Waals surface area (Å²) in [5.74, 6) is 1.06. The lowest BCUT2D eigenvalue weighted by Gasteiger charge is -2.15. The second-order valence-corrected chi connectivity index (χ2v) is 4.40. The van der Waals surface area contributed by atoms with Gasteiger partial charge in [0.15, 0.2) is 5.96 Å². The van der Waals surface area contributed by atoms with Crippen molar-refractivity contribution in [2.45, 2.75) is 20.1 Å². The number of nitrogens with zero attached hydrogens (tertiary/aromatic N) is 1. The molecule has 1 rings (SSSR count). The minimum Gasteiger partial charge on any atom is -0.497 e. The van der Waals surface area contributed by atoms with Crippen LogP contribution in [-0.2, 0) is 11.3 Å². The van der Waals surface area contributed by atoms with E-state index >= 15 is 0 Å². The van der Waals surface area contributed by atoms with Gasteiger partial charge in [-0.3, -0.25) is 4.99 Å². The molecule has 0 bridgehead atoms. The van der Waals surface area contributed by atoms with Gasteiger partial charge < -0.3 is 24.8 Å². The van der Waals surface area contributed by atoms with E-state index < -0.39 is 6.61 Å². The highest BCUT2D eigenvalue weighted by Crippen LogP contribution is 2.26. The van der Waals surface area contributed by atoms with Gasteiger partial charge in [0.2, 0.25) is 0 Å². The lowest BCUT2D eigenvalue weighted by Crippen LogP contribution is -2.38. The van der Waals surface area contributed by atoms with Gasteiger partial charge in [0.05, 0.1) is 13.7 Å². The maximum Gasteiger partial charge on any atom is 0.387 e. The van der Waals surface area contributed by atoms with Crippen molar-refractivity contribution in [1.82, 2.24) is 10.6 Å². The van der Waals surface area contributed by atoms with E-state index in [0.29, 0.717) is 37.0 Å². The molecule has 0 amide bonds. The maximum absolute atomic E-state index is 12.5. The predicted molar refractivity (Wildman–Crippen MR) is 99.7 cm³/mol. The minimum atomic E-state index is -2.90. The zero-order chi connectivity index (χ0) is 17.1. The number of alkyl halides is 2. The van der Waals surface area contributed by atoms with Crippen molar-refractivity contribution in [2.75, 3.05) is 33.9 Å². The number of guanidine groups is 1. The molecule has 0 radical (unpaired) electrons. The summed E-state index contributed by atoms with van der Waals surface area (Å²) >= 11 is 0. The topological polar surface area (TPSA) is 64.1 Å². The van der Waals surface area contributed by atoms with Crippen LogP contribution in [0.2, 0.25) is 0 Å². The average molecular weight is 459 g/mol. The van der Waals surface area contributed by atoms with Crippen molar-refractivity contribution >= 4 is 29.9 Å². The van der Waals surface area contributed by atoms with Crippen LogP contribution in [0.25, 0.3) is 0 Å². The van der Waals surface area contributed by atoms with E-state index in [9.17, 15) is 8.78 Å². The standard InChI is InChI=1S/C15H23F2N3O3.HI/c1-4-22-8-7-19-15(18-2)20-10-11-5-6-12(21-3)9-13(11)23-14(16)17;/h5-6,9,14H,4,7-8,10H2,1-3H3,(H2,18,19,20);1H. The molecule has 24 heavy (non-hydrogen) atoms. The maximum atomic E-state index is 12.5. The molecule has 1 aromatic rings. The highest BCUT2D eigenvalue weighted by atomic mass is 127. The Balaban J connectivity index is 0.00000529. The average Bonchev–Trinajstić information content (AvgIpc) is 2.54. The van der Waals surface area contributed by atoms with E-state index in [2.05, 4.69) is 20.4 Å². The minimum absolute atomic E-state index is 0. The molecule has 0 saturated heterocycles. The van der Waals surface area contributed by atoms with Crippen LogP contribution in [0, 0.1) is 0 Å². The molecule has 0 unspecified atom stereocenters. The fraction of sp³-hybridized carbons (Fsp3) is 0.533. The zero-order valence-electron chi connectivity index (χ0n) is 14.0. The summed E-state index contributed by atoms with van der Waals surface area (Å²) in [7, 11) is 3.09. The quantitative estimate of drug-likeness (QED) is 0.257. The Bertz CT molecular complexity index is 505. The molecule has 0 atom stereocenters. The molecule has 0 aliphatic rings. The molecule has 0 saturated carbocycles. The summed E-state index contributed by atoms with van der Waals surface area (Å²) in [4.78, 5) is 4.05. The Morgan fingerprint density at radius 1 is 1.29 bits per heavy atom. The first kappa shape index (κ1) is 22.6. The van der Waals surface area contributed by atoms with Gasteiger partial charge in [-0.05, 0) is 19.1 Å². The van der Waals surface area contributed by atoms with E-state index in [4.69, 9.17) is 9.47 Å². The van der Waals surface area contributed by atoms with Crippen LogP contribution >= 0.6 is 24.0 Å². The van der Waals surface area contributed by atoms with Gasteiger partial charge in [0.25, 0.3) is 0 Å². The number of rotatable bonds is 9. The number of methoxy groups -OCH3 is 1. The summed E-state index contributed by atoms with van der Waals surface area (Å²) in [6.45, 7) is 1.09. The number of halogens is 3. The predicted octanol–water partition coefficient (Wildman–Crippen LogP) is 2.62. The fourth-order valence-electron chi connectivity index (χ4n) is 1.80. The fourth-order valence-corrected chi connectivity index (χ4v) is 1.80. The molecular weight excluding hydrogens is 435 g/mol. The third-order valence-electron chi connectivity index (χ3n) is 2.90. The number of nitrogens with one attached hydrogen (secondary N) is 2. The van der Waals surface area contributed by atoms with Crippen LogP contribution in [0.1, 0.15) is 12.5 Å². The summed E-state index contributed by atoms with van der Waals surface area (Å²) in [6.07, 6.45) is 0. The Hall–Kier alpha value is -1.36. The van der Waals surface area contributed by atoms with Crippen molar-refractivity contribution in [2.24, 2.45) is 4.99 Å². The molecule has 0 heterocycles. The first-order chi connectivity index (χ1) is 11.1. The van der Waals surface area contributed by atoms with Gasteiger partial charge in [-0.2, -0.15) is 8.78 Å². The molecule has 9 heteroatoms. The van der Waals surface area contributed by atoms with Gasteiger partial charge in [-0.25, -0.2) is 0 Å². The first-order valence-electron chi connectivity index (χ1n) is 7.24. The highest BCUT2D eigenvalue weighted by Gasteiger charge is 2.11. The van der Waals surface area contributed by atoms with Gasteiger partial charge in [0.1, 0.15) is 11.5 Å². The van der Waals surface area contributed by atoms with Gasteiger partial charge in [-0.15, -0.1) is 24.0 Å². The molecule has 2 N–H and O–H groups in total. The van der Waals surface area contributed by atoms with Gasteiger partial charge in [-0.1, -0.05) is 0 Å². The van der Waals surface area contributed by atoms with E-state index in [0.717, 1.165) is 0 Å². The van der Waals surface area contributed by atoms with Crippen LogP contribution in [0.5, 0.6) is 11.5 Å². The normalized spacial score (nSPS) is 11.0. The molecule has 6 nitrogen and oxygen atoms in total. The molecule has 1 aromatic carbocycles. The Morgan fingerprint density at radius 2 is 2.04 bits per heavy atom. The van der Waals surface area contributed by atoms with E-state index in [1.54, 1.807) is 19.2 Å². The molecule has 0 aromatic heterocycles. The summed E-state index contributed by atoms with van der Waals surface area (Å²) in [6, 6.07) is 4.77. The summed E-state index contributed by atoms with van der Waals surface area (Å²) < 4.78 is 39.8. The lowest BCUT2D eigenvalue weighted by atomic mass is 10.2. The van der Waals surface area contributed by atoms with Crippen molar-refractivity contribution in [3.8, 4) is 11.5 Å². The van der Waals surface area contributed by atoms with Crippen LogP contribution in [0.3, 0.4) is 0 Å². The number of benzene rings is 1. The number of hydrogen-bond donors (Lipinski definition) is 2. The zero-order valence-corrected chi connectivity index (χ0v) is 16.3. The van der Waals surface area contributed by atoms with E-state index in [1.807, 2.05) is 6.92 Å². The molecular formula is C15H24F2IN3O3. The number of aliphatic imine (C=N–C) groups is 1.